The van der Waals surface area contributed by atoms with E-state index in [0.29, 0.717) is 111 Å². The van der Waals surface area contributed by atoms with E-state index < -0.39 is 23.5 Å². The van der Waals surface area contributed by atoms with E-state index >= 15 is 0 Å². The van der Waals surface area contributed by atoms with Gasteiger partial charge in [-0.3, -0.25) is 9.59 Å². The van der Waals surface area contributed by atoms with Gasteiger partial charge in [-0.05, 0) is 171 Å². The number of Topliss-reactive ketones (excluding diaryl/α,β-unsaturated/α-hetero) is 2. The Morgan fingerprint density at radius 3 is 2.62 bits per heavy atom. The third kappa shape index (κ3) is 8.98. The van der Waals surface area contributed by atoms with Crippen molar-refractivity contribution in [1.29, 1.82) is 0 Å². The molecule has 12 unspecified atom stereocenters. The number of fused-ring (bicyclic) bond motifs is 5. The molecular weight excluding hydrogens is 801 g/mol. The Morgan fingerprint density at radius 1 is 0.984 bits per heavy atom. The Morgan fingerprint density at radius 2 is 1.83 bits per heavy atom. The summed E-state index contributed by atoms with van der Waals surface area (Å²) in [7, 11) is 3.56. The number of allylic oxidation sites excluding steroid dienone is 2. The van der Waals surface area contributed by atoms with E-state index in [1.165, 1.54) is 7.11 Å². The van der Waals surface area contributed by atoms with Gasteiger partial charge in [0, 0.05) is 43.7 Å². The molecule has 2 aliphatic heterocycles. The first kappa shape index (κ1) is 44.5. The Balaban J connectivity index is 0.958. The molecule has 0 amide bonds. The molecule has 340 valence electrons. The zero-order valence-corrected chi connectivity index (χ0v) is 37.7. The van der Waals surface area contributed by atoms with E-state index in [1.54, 1.807) is 6.07 Å². The van der Waals surface area contributed by atoms with Crippen LogP contribution in [0.3, 0.4) is 0 Å². The fraction of sp³-hybridized carbons (Fsp3) is 0.556. The van der Waals surface area contributed by atoms with Crippen molar-refractivity contribution < 1.29 is 29.6 Å². The number of ether oxygens (including phenoxy) is 1. The highest BCUT2D eigenvalue weighted by Crippen LogP contribution is 2.53. The van der Waals surface area contributed by atoms with Crippen LogP contribution in [0.5, 0.6) is 11.5 Å². The smallest absolute Gasteiger partial charge is 0.160 e. The first-order chi connectivity index (χ1) is 31.0. The van der Waals surface area contributed by atoms with Crippen LogP contribution >= 0.6 is 0 Å². The molecule has 10 nitrogen and oxygen atoms in total. The van der Waals surface area contributed by atoms with Crippen LogP contribution < -0.4 is 26.4 Å². The third-order valence-electron chi connectivity index (χ3n) is 16.6. The van der Waals surface area contributed by atoms with Gasteiger partial charge in [-0.15, -0.1) is 0 Å². The molecule has 64 heavy (non-hydrogen) atoms. The largest absolute Gasteiger partial charge is 0.504 e. The molecule has 6 aliphatic rings. The lowest BCUT2D eigenvalue weighted by Crippen LogP contribution is -2.57. The highest BCUT2D eigenvalue weighted by molar-refractivity contribution is 5.89. The predicted molar refractivity (Wildman–Crippen MR) is 250 cm³/mol. The third-order valence-corrected chi connectivity index (χ3v) is 16.6. The number of hydrogen-bond donors (Lipinski definition) is 7. The van der Waals surface area contributed by atoms with Gasteiger partial charge in [0.1, 0.15) is 11.2 Å². The summed E-state index contributed by atoms with van der Waals surface area (Å²) in [6, 6.07) is 18.7. The molecule has 3 aromatic rings. The van der Waals surface area contributed by atoms with Crippen LogP contribution in [0.4, 0.5) is 0 Å². The minimum absolute atomic E-state index is 0.0134. The van der Waals surface area contributed by atoms with Gasteiger partial charge in [-0.2, -0.15) is 0 Å². The van der Waals surface area contributed by atoms with Gasteiger partial charge in [0.15, 0.2) is 17.3 Å². The van der Waals surface area contributed by atoms with E-state index in [0.717, 1.165) is 71.8 Å². The number of piperidine rings is 1. The molecule has 1 spiro atoms. The summed E-state index contributed by atoms with van der Waals surface area (Å²) in [6.07, 6.45) is 11.1. The average Bonchev–Trinajstić information content (AvgIpc) is 3.35. The van der Waals surface area contributed by atoms with Gasteiger partial charge in [0.2, 0.25) is 0 Å². The number of aryl methyl sites for hydroxylation is 1. The van der Waals surface area contributed by atoms with Crippen molar-refractivity contribution in [2.45, 2.75) is 114 Å². The van der Waals surface area contributed by atoms with Gasteiger partial charge in [-0.25, -0.2) is 0 Å². The SMILES string of the molecule is CNCC1CC2C(CNC3CC(=O)CCC32)CC1C1CCC2(C#CC(CCC(O)CC(C3=CCNC(N)=C3)c3ccc4ccccc4c3)c3cc(O)c(OC)cc3CCC2=O)C(O)C1. The van der Waals surface area contributed by atoms with Crippen molar-refractivity contribution in [2.24, 2.45) is 46.7 Å². The summed E-state index contributed by atoms with van der Waals surface area (Å²) in [5, 5.41) is 48.1. The van der Waals surface area contributed by atoms with Crippen LogP contribution in [-0.2, 0) is 16.0 Å². The molecule has 1 saturated heterocycles. The fourth-order valence-corrected chi connectivity index (χ4v) is 13.2. The molecule has 0 radical (unpaired) electrons. The highest BCUT2D eigenvalue weighted by atomic mass is 16.5. The summed E-state index contributed by atoms with van der Waals surface area (Å²) in [6.45, 7) is 2.50. The second kappa shape index (κ2) is 19.1. The molecule has 0 aromatic heterocycles. The molecule has 8 N–H and O–H groups in total. The number of nitrogens with one attached hydrogen (secondary N) is 3. The number of benzene rings is 3. The van der Waals surface area contributed by atoms with Crippen LogP contribution in [0, 0.1) is 52.8 Å². The number of ketones is 2. The molecular formula is C54H68N4O6. The number of carbonyl (C=O) groups is 2. The maximum Gasteiger partial charge on any atom is 0.160 e. The van der Waals surface area contributed by atoms with Crippen molar-refractivity contribution in [3.8, 4) is 23.3 Å². The summed E-state index contributed by atoms with van der Waals surface area (Å²) in [5.41, 5.74) is 9.00. The van der Waals surface area contributed by atoms with Gasteiger partial charge in [0.25, 0.3) is 0 Å². The summed E-state index contributed by atoms with van der Waals surface area (Å²) in [4.78, 5) is 26.9. The maximum atomic E-state index is 14.6. The normalized spacial score (nSPS) is 32.5. The predicted octanol–water partition coefficient (Wildman–Crippen LogP) is 6.77. The van der Waals surface area contributed by atoms with Crippen LogP contribution in [0.2, 0.25) is 0 Å². The van der Waals surface area contributed by atoms with Gasteiger partial charge in [-0.1, -0.05) is 60.4 Å². The molecule has 9 rings (SSSR count). The maximum absolute atomic E-state index is 14.6. The molecule has 4 aliphatic carbocycles. The monoisotopic (exact) mass is 869 g/mol. The van der Waals surface area contributed by atoms with Crippen LogP contribution in [0.1, 0.15) is 106 Å². The minimum atomic E-state index is -1.18. The zero-order chi connectivity index (χ0) is 44.5. The van der Waals surface area contributed by atoms with Crippen LogP contribution in [-0.4, -0.2) is 78.9 Å². The lowest BCUT2D eigenvalue weighted by molar-refractivity contribution is -0.136. The number of methoxy groups -OCH3 is 1. The number of aliphatic hydroxyl groups is 2. The number of hydrogen-bond acceptors (Lipinski definition) is 10. The summed E-state index contributed by atoms with van der Waals surface area (Å²) < 4.78 is 5.54. The number of rotatable bonds is 11. The summed E-state index contributed by atoms with van der Waals surface area (Å²) >= 11 is 0. The fourth-order valence-electron chi connectivity index (χ4n) is 13.2. The second-order valence-corrected chi connectivity index (χ2v) is 20.1. The number of carbonyl (C=O) groups excluding carboxylic acids is 2. The topological polar surface area (TPSA) is 166 Å². The van der Waals surface area contributed by atoms with Crippen molar-refractivity contribution in [3.63, 3.8) is 0 Å². The number of phenolic OH excluding ortho intramolecular Hbond substituents is 1. The Bertz CT molecular complexity index is 2350. The Hall–Kier alpha value is -4.66. The standard InChI is InChI=1S/C54H68N4O6/c1-56-30-39-23-47-40(31-58-48-28-42(60)12-13-43(47)48)22-44(39)37-16-19-54(52(63)25-37)18-15-33(46-29-49(61)50(64-2)24-36(46)10-14-51(54)62)9-11-41(59)27-45(38-17-20-57-53(55)26-38)35-8-7-32-5-3-4-6-34(32)21-35/h3-8,17,21,24,26,29,33,37,39-41,43-45,47-48,52,56-59,61,63H,9-14,16,19-20,22-23,25,27-28,30-31,55H2,1-2H3. The molecule has 4 fully saturated rings. The van der Waals surface area contributed by atoms with E-state index in [-0.39, 0.29) is 29.8 Å². The first-order valence-electron chi connectivity index (χ1n) is 24.1. The van der Waals surface area contributed by atoms with E-state index in [1.807, 2.05) is 31.3 Å². The van der Waals surface area contributed by atoms with Crippen molar-refractivity contribution in [1.82, 2.24) is 16.0 Å². The molecule has 3 aromatic carbocycles. The number of aliphatic hydroxyl groups excluding tert-OH is 2. The van der Waals surface area contributed by atoms with Crippen LogP contribution in [0.25, 0.3) is 10.8 Å². The Kier molecular flexibility index (Phi) is 13.3. The second-order valence-electron chi connectivity index (χ2n) is 20.1. The highest BCUT2D eigenvalue weighted by Gasteiger charge is 2.53. The van der Waals surface area contributed by atoms with Gasteiger partial charge in [0.05, 0.1) is 25.1 Å². The van der Waals surface area contributed by atoms with Crippen LogP contribution in [0.15, 0.2) is 78.1 Å². The number of dihydropyridines is 1. The molecule has 2 heterocycles. The molecule has 3 saturated carbocycles. The number of phenols is 1. The van der Waals surface area contributed by atoms with Crippen molar-refractivity contribution in [2.75, 3.05) is 33.8 Å². The van der Waals surface area contributed by atoms with E-state index in [2.05, 4.69) is 64.2 Å². The van der Waals surface area contributed by atoms with Crippen molar-refractivity contribution in [3.05, 3.63) is 94.8 Å². The number of nitrogens with two attached hydrogens (primary N) is 1. The van der Waals surface area contributed by atoms with Gasteiger partial charge >= 0.3 is 0 Å². The average molecular weight is 869 g/mol. The minimum Gasteiger partial charge on any atom is -0.504 e. The first-order valence-corrected chi connectivity index (χ1v) is 24.1. The molecule has 0 bridgehead atoms. The summed E-state index contributed by atoms with van der Waals surface area (Å²) in [5.74, 6) is 10.8. The van der Waals surface area contributed by atoms with E-state index in [9.17, 15) is 24.9 Å². The van der Waals surface area contributed by atoms with E-state index in [4.69, 9.17) is 10.5 Å². The number of aromatic hydroxyl groups is 1. The Labute approximate surface area is 378 Å². The molecule has 10 heteroatoms. The quantitative estimate of drug-likeness (QED) is 0.102. The van der Waals surface area contributed by atoms with Gasteiger partial charge < -0.3 is 41.7 Å². The lowest BCUT2D eigenvalue weighted by atomic mass is 9.54. The lowest BCUT2D eigenvalue weighted by Gasteiger charge is -2.54. The van der Waals surface area contributed by atoms with Crippen molar-refractivity contribution >= 4 is 22.3 Å². The molecule has 12 atom stereocenters. The zero-order valence-electron chi connectivity index (χ0n) is 37.7.